The molecule has 2 rings (SSSR count). The molecule has 0 fully saturated rings. The number of ether oxygens (including phenoxy) is 1. The smallest absolute Gasteiger partial charge is 0.165 e. The maximum absolute atomic E-state index is 13.7. The van der Waals surface area contributed by atoms with Crippen LogP contribution in [-0.4, -0.2) is 0 Å². The fourth-order valence-electron chi connectivity index (χ4n) is 2.10. The first kappa shape index (κ1) is 13.6. The van der Waals surface area contributed by atoms with Gasteiger partial charge in [-0.05, 0) is 54.7 Å². The van der Waals surface area contributed by atoms with E-state index in [-0.39, 0.29) is 5.82 Å². The van der Waals surface area contributed by atoms with E-state index in [4.69, 9.17) is 4.74 Å². The van der Waals surface area contributed by atoms with Gasteiger partial charge in [-0.25, -0.2) is 4.39 Å². The summed E-state index contributed by atoms with van der Waals surface area (Å²) in [6, 6.07) is 11.2. The lowest BCUT2D eigenvalue weighted by molar-refractivity contribution is 0.288. The second-order valence-electron chi connectivity index (χ2n) is 4.78. The Balaban J connectivity index is 2.19. The highest BCUT2D eigenvalue weighted by Crippen LogP contribution is 2.22. The van der Waals surface area contributed by atoms with Crippen molar-refractivity contribution < 1.29 is 9.13 Å². The van der Waals surface area contributed by atoms with E-state index in [0.29, 0.717) is 12.4 Å². The minimum Gasteiger partial charge on any atom is -0.486 e. The summed E-state index contributed by atoms with van der Waals surface area (Å²) in [7, 11) is 0. The second kappa shape index (κ2) is 5.87. The van der Waals surface area contributed by atoms with Crippen molar-refractivity contribution in [1.29, 1.82) is 0 Å². The van der Waals surface area contributed by atoms with E-state index in [9.17, 15) is 4.39 Å². The zero-order valence-corrected chi connectivity index (χ0v) is 11.7. The summed E-state index contributed by atoms with van der Waals surface area (Å²) in [5.74, 6) is 0.0328. The van der Waals surface area contributed by atoms with Gasteiger partial charge in [0.1, 0.15) is 6.61 Å². The summed E-state index contributed by atoms with van der Waals surface area (Å²) >= 11 is 0. The van der Waals surface area contributed by atoms with Crippen LogP contribution in [0.15, 0.2) is 36.4 Å². The Morgan fingerprint density at radius 3 is 2.37 bits per heavy atom. The van der Waals surface area contributed by atoms with E-state index in [1.54, 1.807) is 12.1 Å². The van der Waals surface area contributed by atoms with E-state index in [1.165, 1.54) is 17.2 Å². The van der Waals surface area contributed by atoms with Gasteiger partial charge in [0.25, 0.3) is 0 Å². The molecule has 0 atom stereocenters. The molecule has 19 heavy (non-hydrogen) atoms. The lowest BCUT2D eigenvalue weighted by Crippen LogP contribution is -2.02. The predicted octanol–water partition coefficient (Wildman–Crippen LogP) is 4.58. The van der Waals surface area contributed by atoms with Crippen molar-refractivity contribution in [2.24, 2.45) is 0 Å². The monoisotopic (exact) mass is 258 g/mol. The molecule has 0 bridgehead atoms. The molecule has 2 heteroatoms. The fraction of sp³-hybridized carbons (Fsp3) is 0.294. The molecule has 0 amide bonds. The Bertz CT molecular complexity index is 555. The van der Waals surface area contributed by atoms with Gasteiger partial charge >= 0.3 is 0 Å². The van der Waals surface area contributed by atoms with Crippen LogP contribution >= 0.6 is 0 Å². The lowest BCUT2D eigenvalue weighted by atomic mass is 10.0. The molecule has 0 aliphatic heterocycles. The van der Waals surface area contributed by atoms with Crippen molar-refractivity contribution >= 4 is 0 Å². The third-order valence-electron chi connectivity index (χ3n) is 3.42. The Morgan fingerprint density at radius 2 is 1.74 bits per heavy atom. The van der Waals surface area contributed by atoms with Gasteiger partial charge in [0.05, 0.1) is 0 Å². The molecule has 2 aromatic carbocycles. The Kier molecular flexibility index (Phi) is 4.20. The van der Waals surface area contributed by atoms with Crippen LogP contribution in [-0.2, 0) is 13.0 Å². The predicted molar refractivity (Wildman–Crippen MR) is 76.0 cm³/mol. The number of halogens is 1. The van der Waals surface area contributed by atoms with Crippen molar-refractivity contribution in [3.05, 3.63) is 64.5 Å². The van der Waals surface area contributed by atoms with Crippen molar-refractivity contribution in [1.82, 2.24) is 0 Å². The minimum atomic E-state index is -0.302. The molecule has 0 N–H and O–H groups in total. The highest BCUT2D eigenvalue weighted by molar-refractivity contribution is 5.34. The molecule has 2 aromatic rings. The van der Waals surface area contributed by atoms with Gasteiger partial charge in [-0.2, -0.15) is 0 Å². The zero-order chi connectivity index (χ0) is 13.8. The molecular weight excluding hydrogens is 239 g/mol. The summed E-state index contributed by atoms with van der Waals surface area (Å²) in [6.45, 7) is 6.54. The Labute approximate surface area is 114 Å². The number of hydrogen-bond acceptors (Lipinski definition) is 1. The van der Waals surface area contributed by atoms with E-state index in [0.717, 1.165) is 17.5 Å². The summed E-state index contributed by atoms with van der Waals surface area (Å²) < 4.78 is 19.3. The average Bonchev–Trinajstić information content (AvgIpc) is 2.40. The molecule has 0 unspecified atom stereocenters. The third-order valence-corrected chi connectivity index (χ3v) is 3.42. The van der Waals surface area contributed by atoms with Crippen LogP contribution in [0.4, 0.5) is 4.39 Å². The molecule has 0 saturated carbocycles. The van der Waals surface area contributed by atoms with Gasteiger partial charge < -0.3 is 4.74 Å². The highest BCUT2D eigenvalue weighted by atomic mass is 19.1. The molecule has 0 heterocycles. The van der Waals surface area contributed by atoms with Gasteiger partial charge in [0, 0.05) is 0 Å². The molecule has 0 radical (unpaired) electrons. The van der Waals surface area contributed by atoms with E-state index >= 15 is 0 Å². The average molecular weight is 258 g/mol. The van der Waals surface area contributed by atoms with E-state index in [2.05, 4.69) is 0 Å². The minimum absolute atomic E-state index is 0.302. The molecule has 0 aliphatic rings. The second-order valence-corrected chi connectivity index (χ2v) is 4.78. The maximum atomic E-state index is 13.7. The number of hydrogen-bond donors (Lipinski definition) is 0. The van der Waals surface area contributed by atoms with Gasteiger partial charge in [0.2, 0.25) is 0 Å². The lowest BCUT2D eigenvalue weighted by Gasteiger charge is -2.12. The van der Waals surface area contributed by atoms with E-state index in [1.807, 2.05) is 39.0 Å². The maximum Gasteiger partial charge on any atom is 0.165 e. The highest BCUT2D eigenvalue weighted by Gasteiger charge is 2.07. The first-order chi connectivity index (χ1) is 9.11. The first-order valence-electron chi connectivity index (χ1n) is 6.58. The van der Waals surface area contributed by atoms with Gasteiger partial charge in [-0.15, -0.1) is 0 Å². The molecule has 1 nitrogen and oxygen atoms in total. The molecule has 0 spiro atoms. The molecular formula is C17H19FO. The van der Waals surface area contributed by atoms with Crippen LogP contribution in [0.25, 0.3) is 0 Å². The van der Waals surface area contributed by atoms with Crippen LogP contribution in [0.2, 0.25) is 0 Å². The largest absolute Gasteiger partial charge is 0.486 e. The van der Waals surface area contributed by atoms with E-state index < -0.39 is 0 Å². The molecule has 0 saturated heterocycles. The van der Waals surface area contributed by atoms with Crippen molar-refractivity contribution in [3.8, 4) is 5.75 Å². The summed E-state index contributed by atoms with van der Waals surface area (Å²) in [5, 5.41) is 0. The molecule has 100 valence electrons. The van der Waals surface area contributed by atoms with Crippen LogP contribution in [0, 0.1) is 19.7 Å². The number of benzene rings is 2. The summed E-state index contributed by atoms with van der Waals surface area (Å²) in [4.78, 5) is 0. The fourth-order valence-corrected chi connectivity index (χ4v) is 2.10. The Morgan fingerprint density at radius 1 is 1.05 bits per heavy atom. The molecule has 0 aromatic heterocycles. The third kappa shape index (κ3) is 3.14. The van der Waals surface area contributed by atoms with Crippen LogP contribution in [0.5, 0.6) is 5.75 Å². The van der Waals surface area contributed by atoms with Gasteiger partial charge in [0.15, 0.2) is 11.6 Å². The summed E-state index contributed by atoms with van der Waals surface area (Å²) in [6.07, 6.45) is 0.875. The normalized spacial score (nSPS) is 10.5. The van der Waals surface area contributed by atoms with Gasteiger partial charge in [-0.1, -0.05) is 31.2 Å². The van der Waals surface area contributed by atoms with Gasteiger partial charge in [-0.3, -0.25) is 0 Å². The van der Waals surface area contributed by atoms with Crippen LogP contribution in [0.3, 0.4) is 0 Å². The van der Waals surface area contributed by atoms with Crippen LogP contribution < -0.4 is 4.74 Å². The van der Waals surface area contributed by atoms with Crippen molar-refractivity contribution in [3.63, 3.8) is 0 Å². The number of aryl methyl sites for hydroxylation is 3. The number of rotatable bonds is 4. The quantitative estimate of drug-likeness (QED) is 0.779. The van der Waals surface area contributed by atoms with Crippen molar-refractivity contribution in [2.45, 2.75) is 33.8 Å². The van der Waals surface area contributed by atoms with Crippen LogP contribution in [0.1, 0.15) is 29.2 Å². The molecule has 0 aliphatic carbocycles. The van der Waals surface area contributed by atoms with Crippen molar-refractivity contribution in [2.75, 3.05) is 0 Å². The Hall–Kier alpha value is -1.83. The zero-order valence-electron chi connectivity index (χ0n) is 11.7. The SMILES string of the molecule is CCc1ccc(F)c(OCc2c(C)cccc2C)c1. The standard InChI is InChI=1S/C17H19FO/c1-4-14-8-9-16(18)17(10-14)19-11-15-12(2)6-5-7-13(15)3/h5-10H,4,11H2,1-3H3. The topological polar surface area (TPSA) is 9.23 Å². The first-order valence-corrected chi connectivity index (χ1v) is 6.58. The summed E-state index contributed by atoms with van der Waals surface area (Å²) in [5.41, 5.74) is 4.56.